The summed E-state index contributed by atoms with van der Waals surface area (Å²) in [6.07, 6.45) is -0.116. The maximum Gasteiger partial charge on any atom is 0.230 e. The first-order chi connectivity index (χ1) is 12.5. The van der Waals surface area contributed by atoms with Crippen molar-refractivity contribution in [1.82, 2.24) is 0 Å². The third-order valence-corrected chi connectivity index (χ3v) is 4.09. The summed E-state index contributed by atoms with van der Waals surface area (Å²) in [5.74, 6) is -1.54. The molecular formula is C20H26N3O3+. The zero-order valence-electron chi connectivity index (χ0n) is 15.0. The van der Waals surface area contributed by atoms with Gasteiger partial charge in [-0.1, -0.05) is 48.0 Å². The van der Waals surface area contributed by atoms with Gasteiger partial charge in [-0.05, 0) is 19.1 Å². The molecule has 138 valence electrons. The average Bonchev–Trinajstić information content (AvgIpc) is 2.63. The second-order valence-corrected chi connectivity index (χ2v) is 6.34. The van der Waals surface area contributed by atoms with E-state index in [1.165, 1.54) is 5.56 Å². The second-order valence-electron chi connectivity index (χ2n) is 6.34. The monoisotopic (exact) mass is 356 g/mol. The van der Waals surface area contributed by atoms with Crippen molar-refractivity contribution >= 4 is 17.6 Å². The molecule has 0 aliphatic carbocycles. The summed E-state index contributed by atoms with van der Waals surface area (Å²) in [6, 6.07) is 16.6. The van der Waals surface area contributed by atoms with Crippen molar-refractivity contribution in [2.24, 2.45) is 0 Å². The number of carbonyl (C=O) groups excluding carboxylic acids is 2. The Balaban J connectivity index is 1.71. The van der Waals surface area contributed by atoms with E-state index >= 15 is 0 Å². The van der Waals surface area contributed by atoms with Crippen LogP contribution in [-0.2, 0) is 16.1 Å². The lowest BCUT2D eigenvalue weighted by atomic mass is 10.2. The number of hydrogen-bond donors (Lipinski definition) is 3. The summed E-state index contributed by atoms with van der Waals surface area (Å²) >= 11 is 0. The Morgan fingerprint density at radius 3 is 2.38 bits per heavy atom. The number of aliphatic carboxylic acids is 1. The Morgan fingerprint density at radius 2 is 1.73 bits per heavy atom. The molecule has 0 fully saturated rings. The molecule has 6 nitrogen and oxygen atoms in total. The van der Waals surface area contributed by atoms with Crippen LogP contribution in [0.3, 0.4) is 0 Å². The van der Waals surface area contributed by atoms with Crippen LogP contribution in [0, 0.1) is 6.92 Å². The highest BCUT2D eigenvalue weighted by Gasteiger charge is 2.18. The highest BCUT2D eigenvalue weighted by atomic mass is 16.4. The number of amides is 1. The quantitative estimate of drug-likeness (QED) is 0.465. The molecule has 1 atom stereocenters. The van der Waals surface area contributed by atoms with Gasteiger partial charge in [-0.15, -0.1) is 0 Å². The molecule has 0 heterocycles. The van der Waals surface area contributed by atoms with Gasteiger partial charge in [-0.3, -0.25) is 4.79 Å². The van der Waals surface area contributed by atoms with Gasteiger partial charge in [0.2, 0.25) is 5.91 Å². The van der Waals surface area contributed by atoms with Crippen molar-refractivity contribution in [2.75, 3.05) is 18.4 Å². The first-order valence-corrected chi connectivity index (χ1v) is 8.81. The first kappa shape index (κ1) is 19.6. The standard InChI is InChI=1S/C20H25N3O3/c1-15-7-9-17(10-8-15)23-19(24)13-18(20(25)26)22-12-11-21-14-16-5-3-2-4-6-16/h2-10,18,21-22H,11-14H2,1H3,(H,23,24)(H,25,26)/p+1/t18-/m0/s1. The first-order valence-electron chi connectivity index (χ1n) is 8.81. The van der Waals surface area contributed by atoms with Crippen LogP contribution in [0.15, 0.2) is 54.6 Å². The Kier molecular flexibility index (Phi) is 7.79. The molecule has 0 bridgehead atoms. The van der Waals surface area contributed by atoms with E-state index in [1.807, 2.05) is 37.3 Å². The molecule has 0 aliphatic heterocycles. The summed E-state index contributed by atoms with van der Waals surface area (Å²) in [5, 5.41) is 17.8. The van der Waals surface area contributed by atoms with E-state index in [4.69, 9.17) is 0 Å². The molecule has 26 heavy (non-hydrogen) atoms. The number of hydrogen-bond acceptors (Lipinski definition) is 3. The lowest BCUT2D eigenvalue weighted by molar-refractivity contribution is -0.742. The van der Waals surface area contributed by atoms with E-state index in [1.54, 1.807) is 17.4 Å². The predicted molar refractivity (Wildman–Crippen MR) is 97.0 cm³/mol. The van der Waals surface area contributed by atoms with E-state index in [0.717, 1.165) is 18.7 Å². The van der Waals surface area contributed by atoms with E-state index in [0.29, 0.717) is 12.2 Å². The molecule has 0 unspecified atom stereocenters. The molecule has 1 amide bonds. The Labute approximate surface area is 153 Å². The lowest BCUT2D eigenvalue weighted by Gasteiger charge is -2.16. The molecule has 0 spiro atoms. The van der Waals surface area contributed by atoms with Crippen LogP contribution in [0.25, 0.3) is 0 Å². The predicted octanol–water partition coefficient (Wildman–Crippen LogP) is -1.23. The van der Waals surface area contributed by atoms with Gasteiger partial charge in [0.1, 0.15) is 25.7 Å². The number of carbonyl (C=O) groups is 2. The van der Waals surface area contributed by atoms with Crippen LogP contribution < -0.4 is 21.1 Å². The number of carboxylic acid groups (broad SMARTS) is 1. The van der Waals surface area contributed by atoms with E-state index in [-0.39, 0.29) is 12.3 Å². The maximum absolute atomic E-state index is 12.1. The third kappa shape index (κ3) is 7.04. The minimum atomic E-state index is -1.22. The number of carboxylic acids is 1. The van der Waals surface area contributed by atoms with Crippen molar-refractivity contribution < 1.29 is 25.3 Å². The van der Waals surface area contributed by atoms with Crippen molar-refractivity contribution in [3.8, 4) is 0 Å². The lowest BCUT2D eigenvalue weighted by Crippen LogP contribution is -2.99. The zero-order valence-corrected chi connectivity index (χ0v) is 15.0. The van der Waals surface area contributed by atoms with Crippen LogP contribution in [0.2, 0.25) is 0 Å². The molecule has 2 aromatic carbocycles. The van der Waals surface area contributed by atoms with Crippen molar-refractivity contribution in [3.05, 3.63) is 65.7 Å². The van der Waals surface area contributed by atoms with Crippen molar-refractivity contribution in [1.29, 1.82) is 0 Å². The third-order valence-electron chi connectivity index (χ3n) is 4.09. The normalized spacial score (nSPS) is 11.7. The van der Waals surface area contributed by atoms with Crippen molar-refractivity contribution in [2.45, 2.75) is 25.9 Å². The average molecular weight is 356 g/mol. The summed E-state index contributed by atoms with van der Waals surface area (Å²) in [7, 11) is 0. The van der Waals surface area contributed by atoms with Crippen LogP contribution in [0.4, 0.5) is 5.69 Å². The van der Waals surface area contributed by atoms with Crippen LogP contribution in [0.5, 0.6) is 0 Å². The highest BCUT2D eigenvalue weighted by molar-refractivity contribution is 5.93. The van der Waals surface area contributed by atoms with Crippen LogP contribution in [-0.4, -0.2) is 31.0 Å². The minimum absolute atomic E-state index is 0.116. The molecule has 0 aliphatic rings. The number of nitrogens with one attached hydrogen (secondary N) is 1. The summed E-state index contributed by atoms with van der Waals surface area (Å²) in [4.78, 5) is 23.3. The zero-order chi connectivity index (χ0) is 18.8. The van der Waals surface area contributed by atoms with Crippen LogP contribution >= 0.6 is 0 Å². The van der Waals surface area contributed by atoms with E-state index in [9.17, 15) is 14.7 Å². The molecule has 0 saturated carbocycles. The topological polar surface area (TPSA) is 102 Å². The molecule has 2 rings (SSSR count). The Hall–Kier alpha value is -2.70. The maximum atomic E-state index is 12.1. The van der Waals surface area contributed by atoms with E-state index < -0.39 is 12.0 Å². The summed E-state index contributed by atoms with van der Waals surface area (Å²) < 4.78 is 0. The van der Waals surface area contributed by atoms with Crippen molar-refractivity contribution in [3.63, 3.8) is 0 Å². The summed E-state index contributed by atoms with van der Waals surface area (Å²) in [6.45, 7) is 4.17. The molecule has 0 aromatic heterocycles. The van der Waals surface area contributed by atoms with Gasteiger partial charge in [0, 0.05) is 11.3 Å². The number of benzene rings is 2. The number of quaternary nitrogens is 2. The minimum Gasteiger partial charge on any atom is -0.544 e. The van der Waals surface area contributed by atoms with Gasteiger partial charge < -0.3 is 25.9 Å². The Morgan fingerprint density at radius 1 is 1.04 bits per heavy atom. The van der Waals surface area contributed by atoms with Gasteiger partial charge in [0.25, 0.3) is 0 Å². The molecule has 0 radical (unpaired) electrons. The SMILES string of the molecule is Cc1ccc(NC(=O)C[C@H]([NH2+]CC[NH2+]Cc2ccccc2)C(=O)[O-])cc1. The van der Waals surface area contributed by atoms with Crippen LogP contribution in [0.1, 0.15) is 17.5 Å². The van der Waals surface area contributed by atoms with Gasteiger partial charge in [-0.2, -0.15) is 0 Å². The summed E-state index contributed by atoms with van der Waals surface area (Å²) in [5.41, 5.74) is 2.98. The largest absolute Gasteiger partial charge is 0.544 e. The molecule has 0 saturated heterocycles. The van der Waals surface area contributed by atoms with Gasteiger partial charge in [-0.25, -0.2) is 0 Å². The number of rotatable bonds is 10. The van der Waals surface area contributed by atoms with Gasteiger partial charge in [0.05, 0.1) is 12.4 Å². The fourth-order valence-electron chi connectivity index (χ4n) is 2.61. The Bertz CT molecular complexity index is 702. The fraction of sp³-hybridized carbons (Fsp3) is 0.300. The molecule has 6 heteroatoms. The van der Waals surface area contributed by atoms with E-state index in [2.05, 4.69) is 22.8 Å². The fourth-order valence-corrected chi connectivity index (χ4v) is 2.61. The number of anilines is 1. The molecule has 2 aromatic rings. The van der Waals surface area contributed by atoms with Gasteiger partial charge in [0.15, 0.2) is 0 Å². The smallest absolute Gasteiger partial charge is 0.230 e. The molecular weight excluding hydrogens is 330 g/mol. The molecule has 5 N–H and O–H groups in total. The van der Waals surface area contributed by atoms with Gasteiger partial charge >= 0.3 is 0 Å². The highest BCUT2D eigenvalue weighted by Crippen LogP contribution is 2.08. The number of aryl methyl sites for hydroxylation is 1. The second kappa shape index (κ2) is 10.3. The number of nitrogens with two attached hydrogens (primary N) is 2.